The van der Waals surface area contributed by atoms with Crippen LogP contribution in [-0.4, -0.2) is 59.7 Å². The van der Waals surface area contributed by atoms with Gasteiger partial charge in [0.1, 0.15) is 5.75 Å². The number of benzene rings is 1. The molecule has 0 saturated carbocycles. The number of aliphatic hydroxyl groups is 1. The number of rotatable bonds is 6. The number of likely N-dealkylation sites (tertiary alicyclic amines) is 1. The van der Waals surface area contributed by atoms with E-state index < -0.39 is 5.60 Å². The second kappa shape index (κ2) is 7.32. The Morgan fingerprint density at radius 2 is 2.17 bits per heavy atom. The van der Waals surface area contributed by atoms with E-state index in [-0.39, 0.29) is 5.91 Å². The van der Waals surface area contributed by atoms with Crippen LogP contribution >= 0.6 is 0 Å². The topological polar surface area (TPSA) is 53.0 Å². The maximum absolute atomic E-state index is 12.8. The molecule has 0 spiro atoms. The molecule has 1 aliphatic heterocycles. The van der Waals surface area contributed by atoms with E-state index in [9.17, 15) is 9.90 Å². The lowest BCUT2D eigenvalue weighted by molar-refractivity contribution is -0.160. The average molecular weight is 320 g/mol. The molecule has 23 heavy (non-hydrogen) atoms. The van der Waals surface area contributed by atoms with Crippen LogP contribution in [0.3, 0.4) is 0 Å². The Kier molecular flexibility index (Phi) is 5.65. The second-order valence-electron chi connectivity index (χ2n) is 6.72. The molecule has 2 rings (SSSR count). The molecule has 0 aromatic heterocycles. The average Bonchev–Trinajstić information content (AvgIpc) is 2.52. The van der Waals surface area contributed by atoms with Crippen LogP contribution in [0.4, 0.5) is 0 Å². The number of hydrogen-bond acceptors (Lipinski definition) is 4. The minimum Gasteiger partial charge on any atom is -0.497 e. The van der Waals surface area contributed by atoms with Crippen molar-refractivity contribution in [1.29, 1.82) is 0 Å². The van der Waals surface area contributed by atoms with Crippen molar-refractivity contribution >= 4 is 5.91 Å². The molecule has 1 aromatic rings. The highest BCUT2D eigenvalue weighted by Gasteiger charge is 2.43. The fourth-order valence-corrected chi connectivity index (χ4v) is 2.95. The third kappa shape index (κ3) is 4.24. The summed E-state index contributed by atoms with van der Waals surface area (Å²) in [6.45, 7) is 5.68. The standard InChI is InChI=1S/C18H28N2O3/c1-14(2)19(3)13-18(22)9-6-10-20(17(18)21)12-15-7-5-8-16(11-15)23-4/h5,7-8,11,14,22H,6,9-10,12-13H2,1-4H3/t18-/m1/s1. The van der Waals surface area contributed by atoms with Crippen LogP contribution in [-0.2, 0) is 11.3 Å². The SMILES string of the molecule is COc1cccc(CN2CCC[C@@](O)(CN(C)C(C)C)C2=O)c1. The van der Waals surface area contributed by atoms with Crippen molar-refractivity contribution in [2.45, 2.75) is 44.9 Å². The molecular weight excluding hydrogens is 292 g/mol. The molecule has 0 unspecified atom stereocenters. The van der Waals surface area contributed by atoms with Crippen LogP contribution < -0.4 is 4.74 Å². The second-order valence-corrected chi connectivity index (χ2v) is 6.72. The highest BCUT2D eigenvalue weighted by Crippen LogP contribution is 2.26. The van der Waals surface area contributed by atoms with Gasteiger partial charge in [-0.25, -0.2) is 0 Å². The Hall–Kier alpha value is -1.59. The lowest BCUT2D eigenvalue weighted by atomic mass is 9.90. The maximum Gasteiger partial charge on any atom is 0.256 e. The number of hydrogen-bond donors (Lipinski definition) is 1. The summed E-state index contributed by atoms with van der Waals surface area (Å²) in [4.78, 5) is 16.6. The first-order valence-electron chi connectivity index (χ1n) is 8.20. The van der Waals surface area contributed by atoms with Gasteiger partial charge in [0.2, 0.25) is 0 Å². The molecule has 1 aromatic carbocycles. The van der Waals surface area contributed by atoms with Crippen molar-refractivity contribution in [3.8, 4) is 5.75 Å². The van der Waals surface area contributed by atoms with Crippen LogP contribution in [0.2, 0.25) is 0 Å². The fourth-order valence-electron chi connectivity index (χ4n) is 2.95. The summed E-state index contributed by atoms with van der Waals surface area (Å²) in [6.07, 6.45) is 1.34. The minimum atomic E-state index is -1.28. The van der Waals surface area contributed by atoms with Crippen molar-refractivity contribution in [3.05, 3.63) is 29.8 Å². The quantitative estimate of drug-likeness (QED) is 0.870. The zero-order valence-electron chi connectivity index (χ0n) is 14.6. The Bertz CT molecular complexity index is 547. The zero-order valence-corrected chi connectivity index (χ0v) is 14.6. The van der Waals surface area contributed by atoms with Crippen molar-refractivity contribution in [3.63, 3.8) is 0 Å². The van der Waals surface area contributed by atoms with Crippen LogP contribution in [0.5, 0.6) is 5.75 Å². The summed E-state index contributed by atoms with van der Waals surface area (Å²) in [5, 5.41) is 10.9. The monoisotopic (exact) mass is 320 g/mol. The number of methoxy groups -OCH3 is 1. The van der Waals surface area contributed by atoms with Gasteiger partial charge < -0.3 is 19.6 Å². The Morgan fingerprint density at radius 3 is 2.83 bits per heavy atom. The summed E-state index contributed by atoms with van der Waals surface area (Å²) in [6, 6.07) is 8.00. The van der Waals surface area contributed by atoms with E-state index in [1.54, 1.807) is 12.0 Å². The van der Waals surface area contributed by atoms with E-state index in [2.05, 4.69) is 13.8 Å². The molecule has 1 aliphatic rings. The molecule has 1 fully saturated rings. The fraction of sp³-hybridized carbons (Fsp3) is 0.611. The van der Waals surface area contributed by atoms with E-state index in [0.29, 0.717) is 32.1 Å². The van der Waals surface area contributed by atoms with Gasteiger partial charge in [0.25, 0.3) is 5.91 Å². The lowest BCUT2D eigenvalue weighted by Gasteiger charge is -2.41. The highest BCUT2D eigenvalue weighted by atomic mass is 16.5. The van der Waals surface area contributed by atoms with Crippen LogP contribution in [0.1, 0.15) is 32.3 Å². The van der Waals surface area contributed by atoms with E-state index >= 15 is 0 Å². The summed E-state index contributed by atoms with van der Waals surface area (Å²) in [5.74, 6) is 0.612. The van der Waals surface area contributed by atoms with Crippen LogP contribution in [0.15, 0.2) is 24.3 Å². The van der Waals surface area contributed by atoms with Gasteiger partial charge >= 0.3 is 0 Å². The Balaban J connectivity index is 2.09. The number of ether oxygens (including phenoxy) is 1. The van der Waals surface area contributed by atoms with E-state index in [4.69, 9.17) is 4.74 Å². The van der Waals surface area contributed by atoms with Crippen LogP contribution in [0.25, 0.3) is 0 Å². The Labute approximate surface area is 138 Å². The van der Waals surface area contributed by atoms with Gasteiger partial charge in [-0.2, -0.15) is 0 Å². The molecule has 0 bridgehead atoms. The van der Waals surface area contributed by atoms with Crippen molar-refractivity contribution in [2.75, 3.05) is 27.2 Å². The van der Waals surface area contributed by atoms with Gasteiger partial charge in [-0.15, -0.1) is 0 Å². The predicted octanol–water partition coefficient (Wildman–Crippen LogP) is 1.89. The summed E-state index contributed by atoms with van der Waals surface area (Å²) in [7, 11) is 3.57. The van der Waals surface area contributed by atoms with Gasteiger partial charge in [-0.05, 0) is 51.4 Å². The Morgan fingerprint density at radius 1 is 1.43 bits per heavy atom. The van der Waals surface area contributed by atoms with Gasteiger partial charge in [0, 0.05) is 25.7 Å². The first kappa shape index (κ1) is 17.8. The molecule has 0 radical (unpaired) electrons. The number of carbonyl (C=O) groups excluding carboxylic acids is 1. The minimum absolute atomic E-state index is 0.168. The number of carbonyl (C=O) groups is 1. The first-order chi connectivity index (χ1) is 10.9. The molecule has 1 N–H and O–H groups in total. The first-order valence-corrected chi connectivity index (χ1v) is 8.20. The van der Waals surface area contributed by atoms with Gasteiger partial charge in [-0.1, -0.05) is 12.1 Å². The van der Waals surface area contributed by atoms with Crippen LogP contribution in [0, 0.1) is 0 Å². The van der Waals surface area contributed by atoms with E-state index in [0.717, 1.165) is 17.7 Å². The molecule has 1 amide bonds. The maximum atomic E-state index is 12.8. The third-order valence-corrected chi connectivity index (χ3v) is 4.60. The number of nitrogens with zero attached hydrogens (tertiary/aromatic N) is 2. The number of piperidine rings is 1. The molecule has 1 saturated heterocycles. The predicted molar refractivity (Wildman–Crippen MR) is 90.4 cm³/mol. The van der Waals surface area contributed by atoms with Gasteiger partial charge in [-0.3, -0.25) is 4.79 Å². The van der Waals surface area contributed by atoms with Crippen molar-refractivity contribution < 1.29 is 14.6 Å². The largest absolute Gasteiger partial charge is 0.497 e. The number of likely N-dealkylation sites (N-methyl/N-ethyl adjacent to an activating group) is 1. The zero-order chi connectivity index (χ0) is 17.0. The van der Waals surface area contributed by atoms with Crippen molar-refractivity contribution in [1.82, 2.24) is 9.80 Å². The molecule has 1 heterocycles. The molecule has 5 heteroatoms. The van der Waals surface area contributed by atoms with E-state index in [1.807, 2.05) is 36.2 Å². The smallest absolute Gasteiger partial charge is 0.256 e. The summed E-state index contributed by atoms with van der Waals surface area (Å²) >= 11 is 0. The summed E-state index contributed by atoms with van der Waals surface area (Å²) < 4.78 is 5.23. The molecular formula is C18H28N2O3. The highest BCUT2D eigenvalue weighted by molar-refractivity contribution is 5.86. The lowest BCUT2D eigenvalue weighted by Crippen LogP contribution is -2.58. The van der Waals surface area contributed by atoms with E-state index in [1.165, 1.54) is 0 Å². The third-order valence-electron chi connectivity index (χ3n) is 4.60. The molecule has 128 valence electrons. The number of amides is 1. The van der Waals surface area contributed by atoms with Crippen molar-refractivity contribution in [2.24, 2.45) is 0 Å². The normalized spacial score (nSPS) is 22.0. The molecule has 5 nitrogen and oxygen atoms in total. The van der Waals surface area contributed by atoms with Gasteiger partial charge in [0.15, 0.2) is 5.60 Å². The van der Waals surface area contributed by atoms with Gasteiger partial charge in [0.05, 0.1) is 7.11 Å². The molecule has 1 atom stereocenters. The molecule has 0 aliphatic carbocycles. The summed E-state index contributed by atoms with van der Waals surface area (Å²) in [5.41, 5.74) is -0.268.